The van der Waals surface area contributed by atoms with Gasteiger partial charge in [0.2, 0.25) is 5.91 Å². The number of benzene rings is 2. The van der Waals surface area contributed by atoms with Gasteiger partial charge in [-0.15, -0.1) is 0 Å². The highest BCUT2D eigenvalue weighted by atomic mass is 16.2. The van der Waals surface area contributed by atoms with E-state index in [-0.39, 0.29) is 17.7 Å². The molecule has 1 aliphatic carbocycles. The zero-order valence-electron chi connectivity index (χ0n) is 14.8. The number of hydrogen-bond donors (Lipinski definition) is 1. The Kier molecular flexibility index (Phi) is 5.17. The van der Waals surface area contributed by atoms with Gasteiger partial charge in [0.15, 0.2) is 0 Å². The molecule has 25 heavy (non-hydrogen) atoms. The van der Waals surface area contributed by atoms with E-state index >= 15 is 0 Å². The summed E-state index contributed by atoms with van der Waals surface area (Å²) in [6.07, 6.45) is 1.96. The molecule has 0 heterocycles. The fraction of sp³-hybridized carbons (Fsp3) is 0.333. The number of anilines is 1. The zero-order chi connectivity index (χ0) is 17.8. The Morgan fingerprint density at radius 3 is 2.36 bits per heavy atom. The second kappa shape index (κ2) is 7.51. The zero-order valence-corrected chi connectivity index (χ0v) is 14.8. The third-order valence-electron chi connectivity index (χ3n) is 4.64. The van der Waals surface area contributed by atoms with Gasteiger partial charge in [0.25, 0.3) is 5.91 Å². The molecule has 0 radical (unpaired) electrons. The summed E-state index contributed by atoms with van der Waals surface area (Å²) in [4.78, 5) is 26.4. The second-order valence-electron chi connectivity index (χ2n) is 6.59. The first-order valence-electron chi connectivity index (χ1n) is 8.83. The fourth-order valence-electron chi connectivity index (χ4n) is 2.79. The summed E-state index contributed by atoms with van der Waals surface area (Å²) in [6, 6.07) is 15.3. The number of amides is 2. The molecule has 0 aromatic heterocycles. The molecule has 3 rings (SSSR count). The van der Waals surface area contributed by atoms with Gasteiger partial charge in [0.1, 0.15) is 0 Å². The lowest BCUT2D eigenvalue weighted by molar-refractivity contribution is -0.117. The molecule has 4 nitrogen and oxygen atoms in total. The lowest BCUT2D eigenvalue weighted by Crippen LogP contribution is -2.30. The minimum absolute atomic E-state index is 0.00539. The van der Waals surface area contributed by atoms with Crippen LogP contribution in [0.25, 0.3) is 0 Å². The maximum absolute atomic E-state index is 12.8. The summed E-state index contributed by atoms with van der Waals surface area (Å²) in [5.41, 5.74) is 3.73. The molecule has 0 aliphatic heterocycles. The van der Waals surface area contributed by atoms with Gasteiger partial charge in [0.05, 0.1) is 0 Å². The summed E-state index contributed by atoms with van der Waals surface area (Å²) in [7, 11) is 0. The Morgan fingerprint density at radius 2 is 1.76 bits per heavy atom. The van der Waals surface area contributed by atoms with Crippen molar-refractivity contribution < 1.29 is 9.59 Å². The number of carbonyl (C=O) groups is 2. The van der Waals surface area contributed by atoms with E-state index in [9.17, 15) is 9.59 Å². The third kappa shape index (κ3) is 4.27. The average molecular weight is 336 g/mol. The van der Waals surface area contributed by atoms with Crippen LogP contribution in [-0.4, -0.2) is 23.3 Å². The molecule has 0 atom stereocenters. The van der Waals surface area contributed by atoms with Crippen molar-refractivity contribution in [3.63, 3.8) is 0 Å². The van der Waals surface area contributed by atoms with E-state index in [1.807, 2.05) is 24.0 Å². The first-order chi connectivity index (χ1) is 12.1. The van der Waals surface area contributed by atoms with E-state index in [0.717, 1.165) is 24.1 Å². The van der Waals surface area contributed by atoms with Crippen LogP contribution in [0.5, 0.6) is 0 Å². The largest absolute Gasteiger partial charge is 0.335 e. The normalized spacial score (nSPS) is 13.4. The third-order valence-corrected chi connectivity index (χ3v) is 4.64. The summed E-state index contributed by atoms with van der Waals surface area (Å²) in [6.45, 7) is 5.29. The van der Waals surface area contributed by atoms with Crippen molar-refractivity contribution in [1.82, 2.24) is 4.90 Å². The summed E-state index contributed by atoms with van der Waals surface area (Å²) < 4.78 is 0. The van der Waals surface area contributed by atoms with Crippen LogP contribution in [0.3, 0.4) is 0 Å². The molecule has 1 saturated carbocycles. The fourth-order valence-corrected chi connectivity index (χ4v) is 2.79. The lowest BCUT2D eigenvalue weighted by Gasteiger charge is -2.22. The van der Waals surface area contributed by atoms with Crippen LogP contribution in [0.1, 0.15) is 41.3 Å². The Morgan fingerprint density at radius 1 is 1.08 bits per heavy atom. The molecule has 1 N–H and O–H groups in total. The maximum Gasteiger partial charge on any atom is 0.254 e. The second-order valence-corrected chi connectivity index (χ2v) is 6.59. The van der Waals surface area contributed by atoms with Gasteiger partial charge in [0, 0.05) is 30.3 Å². The smallest absolute Gasteiger partial charge is 0.254 e. The molecular weight excluding hydrogens is 312 g/mol. The summed E-state index contributed by atoms with van der Waals surface area (Å²) in [5, 5.41) is 2.90. The van der Waals surface area contributed by atoms with Crippen molar-refractivity contribution in [2.45, 2.75) is 33.2 Å². The van der Waals surface area contributed by atoms with Crippen molar-refractivity contribution in [2.75, 3.05) is 11.9 Å². The van der Waals surface area contributed by atoms with Gasteiger partial charge < -0.3 is 10.2 Å². The number of nitrogens with zero attached hydrogens (tertiary/aromatic N) is 1. The SMILES string of the molecule is CCN(Cc1ccccc1C)C(=O)c1ccc(NC(=O)C2CC2)cc1. The average Bonchev–Trinajstić information content (AvgIpc) is 3.46. The van der Waals surface area contributed by atoms with Gasteiger partial charge in [-0.25, -0.2) is 0 Å². The van der Waals surface area contributed by atoms with Gasteiger partial charge in [-0.05, 0) is 62.1 Å². The molecule has 0 unspecified atom stereocenters. The van der Waals surface area contributed by atoms with E-state index in [0.29, 0.717) is 18.7 Å². The van der Waals surface area contributed by atoms with E-state index in [1.54, 1.807) is 24.3 Å². The van der Waals surface area contributed by atoms with E-state index in [4.69, 9.17) is 0 Å². The van der Waals surface area contributed by atoms with Crippen molar-refractivity contribution in [3.05, 3.63) is 65.2 Å². The summed E-state index contributed by atoms with van der Waals surface area (Å²) >= 11 is 0. The molecule has 2 aromatic rings. The molecule has 4 heteroatoms. The minimum atomic E-state index is 0.00539. The van der Waals surface area contributed by atoms with Crippen molar-refractivity contribution >= 4 is 17.5 Å². The molecule has 0 saturated heterocycles. The molecular formula is C21H24N2O2. The molecule has 0 spiro atoms. The highest BCUT2D eigenvalue weighted by Gasteiger charge is 2.29. The quantitative estimate of drug-likeness (QED) is 0.866. The Bertz CT molecular complexity index is 764. The Labute approximate surface area is 148 Å². The molecule has 130 valence electrons. The van der Waals surface area contributed by atoms with Crippen molar-refractivity contribution in [3.8, 4) is 0 Å². The summed E-state index contributed by atoms with van der Waals surface area (Å²) in [5.74, 6) is 0.255. The maximum atomic E-state index is 12.8. The van der Waals surface area contributed by atoms with Crippen molar-refractivity contribution in [1.29, 1.82) is 0 Å². The van der Waals surface area contributed by atoms with Crippen LogP contribution in [-0.2, 0) is 11.3 Å². The van der Waals surface area contributed by atoms with Crippen LogP contribution in [0.15, 0.2) is 48.5 Å². The Balaban J connectivity index is 1.67. The number of nitrogens with one attached hydrogen (secondary N) is 1. The van der Waals surface area contributed by atoms with Gasteiger partial charge in [-0.3, -0.25) is 9.59 Å². The monoisotopic (exact) mass is 336 g/mol. The van der Waals surface area contributed by atoms with E-state index in [2.05, 4.69) is 24.4 Å². The van der Waals surface area contributed by atoms with Crippen LogP contribution in [0.2, 0.25) is 0 Å². The van der Waals surface area contributed by atoms with Crippen LogP contribution >= 0.6 is 0 Å². The number of rotatable bonds is 6. The van der Waals surface area contributed by atoms with Gasteiger partial charge >= 0.3 is 0 Å². The molecule has 2 amide bonds. The molecule has 1 fully saturated rings. The number of hydrogen-bond acceptors (Lipinski definition) is 2. The lowest BCUT2D eigenvalue weighted by atomic mass is 10.1. The van der Waals surface area contributed by atoms with E-state index in [1.165, 1.54) is 5.56 Å². The minimum Gasteiger partial charge on any atom is -0.335 e. The highest BCUT2D eigenvalue weighted by Crippen LogP contribution is 2.30. The van der Waals surface area contributed by atoms with Crippen molar-refractivity contribution in [2.24, 2.45) is 5.92 Å². The van der Waals surface area contributed by atoms with E-state index < -0.39 is 0 Å². The highest BCUT2D eigenvalue weighted by molar-refractivity contribution is 5.96. The predicted octanol–water partition coefficient (Wildman–Crippen LogP) is 4.01. The predicted molar refractivity (Wildman–Crippen MR) is 99.4 cm³/mol. The standard InChI is InChI=1S/C21H24N2O2/c1-3-23(14-18-7-5-4-6-15(18)2)21(25)17-10-12-19(13-11-17)22-20(24)16-8-9-16/h4-7,10-13,16H,3,8-9,14H2,1-2H3,(H,22,24). The van der Waals surface area contributed by atoms with Crippen LogP contribution in [0, 0.1) is 12.8 Å². The molecule has 0 bridgehead atoms. The van der Waals surface area contributed by atoms with Crippen LogP contribution in [0.4, 0.5) is 5.69 Å². The number of carbonyl (C=O) groups excluding carboxylic acids is 2. The first kappa shape index (κ1) is 17.2. The molecule has 1 aliphatic rings. The van der Waals surface area contributed by atoms with Gasteiger partial charge in [-0.2, -0.15) is 0 Å². The molecule has 2 aromatic carbocycles. The first-order valence-corrected chi connectivity index (χ1v) is 8.83. The topological polar surface area (TPSA) is 49.4 Å². The Hall–Kier alpha value is -2.62. The van der Waals surface area contributed by atoms with Gasteiger partial charge in [-0.1, -0.05) is 24.3 Å². The van der Waals surface area contributed by atoms with Crippen LogP contribution < -0.4 is 5.32 Å². The number of aryl methyl sites for hydroxylation is 1.